The van der Waals surface area contributed by atoms with Crippen LogP contribution >= 0.6 is 11.8 Å². The fraction of sp³-hybridized carbons (Fsp3) is 0.353. The van der Waals surface area contributed by atoms with Gasteiger partial charge < -0.3 is 19.0 Å². The number of aliphatic carboxylic acids is 1. The topological polar surface area (TPSA) is 94.7 Å². The third kappa shape index (κ3) is 5.25. The Morgan fingerprint density at radius 2 is 1.92 bits per heavy atom. The molecule has 0 aliphatic carbocycles. The summed E-state index contributed by atoms with van der Waals surface area (Å²) in [6.07, 6.45) is 2.12. The van der Waals surface area contributed by atoms with Crippen LogP contribution in [0.5, 0.6) is 11.5 Å². The molecule has 0 fully saturated rings. The molecule has 7 nitrogen and oxygen atoms in total. The number of aryl methyl sites for hydroxylation is 1. The van der Waals surface area contributed by atoms with Gasteiger partial charge in [-0.25, -0.2) is 4.79 Å². The first-order valence-corrected chi connectivity index (χ1v) is 8.73. The van der Waals surface area contributed by atoms with Gasteiger partial charge in [-0.1, -0.05) is 13.0 Å². The molecule has 1 heterocycles. The molecule has 1 N–H and O–H groups in total. The zero-order chi connectivity index (χ0) is 18.2. The van der Waals surface area contributed by atoms with E-state index in [2.05, 4.69) is 10.2 Å². The molecule has 0 bridgehead atoms. The number of benzene rings is 1. The number of hydrogen-bond donors (Lipinski definition) is 1. The van der Waals surface area contributed by atoms with Gasteiger partial charge in [-0.15, -0.1) is 10.2 Å². The van der Waals surface area contributed by atoms with Crippen molar-refractivity contribution in [2.75, 3.05) is 13.2 Å². The summed E-state index contributed by atoms with van der Waals surface area (Å²) in [5.74, 6) is 0.578. The lowest BCUT2D eigenvalue weighted by Gasteiger charge is -2.11. The molecule has 0 amide bonds. The Balaban J connectivity index is 2.29. The number of carboxylic acid groups (broad SMARTS) is 1. The van der Waals surface area contributed by atoms with Crippen LogP contribution in [-0.4, -0.2) is 34.5 Å². The van der Waals surface area contributed by atoms with Crippen LogP contribution in [0, 0.1) is 0 Å². The molecule has 0 unspecified atom stereocenters. The summed E-state index contributed by atoms with van der Waals surface area (Å²) >= 11 is 0.911. The quantitative estimate of drug-likeness (QED) is 0.532. The Morgan fingerprint density at radius 1 is 1.20 bits per heavy atom. The maximum atomic E-state index is 11.5. The highest BCUT2D eigenvalue weighted by Gasteiger charge is 2.15. The van der Waals surface area contributed by atoms with Gasteiger partial charge in [-0.3, -0.25) is 0 Å². The normalized spacial score (nSPS) is 11.4. The Bertz CT molecular complexity index is 757. The van der Waals surface area contributed by atoms with Crippen molar-refractivity contribution in [3.8, 4) is 11.5 Å². The van der Waals surface area contributed by atoms with E-state index in [0.29, 0.717) is 42.6 Å². The largest absolute Gasteiger partial charge is 0.490 e. The maximum Gasteiger partial charge on any atom is 0.342 e. The summed E-state index contributed by atoms with van der Waals surface area (Å²) in [6.45, 7) is 6.64. The van der Waals surface area contributed by atoms with Gasteiger partial charge in [-0.05, 0) is 49.4 Å². The summed E-state index contributed by atoms with van der Waals surface area (Å²) < 4.78 is 16.4. The number of ether oxygens (including phenoxy) is 2. The van der Waals surface area contributed by atoms with Crippen LogP contribution < -0.4 is 9.47 Å². The Hall–Kier alpha value is -2.48. The van der Waals surface area contributed by atoms with E-state index in [1.54, 1.807) is 18.2 Å². The van der Waals surface area contributed by atoms with E-state index in [0.717, 1.165) is 11.8 Å². The summed E-state index contributed by atoms with van der Waals surface area (Å²) in [5.41, 5.74) is 0.673. The van der Waals surface area contributed by atoms with E-state index >= 15 is 0 Å². The van der Waals surface area contributed by atoms with Crippen molar-refractivity contribution in [2.45, 2.75) is 32.4 Å². The van der Waals surface area contributed by atoms with E-state index in [-0.39, 0.29) is 10.1 Å². The zero-order valence-electron chi connectivity index (χ0n) is 14.3. The highest BCUT2D eigenvalue weighted by atomic mass is 32.2. The number of carboxylic acids is 1. The molecular weight excluding hydrogens is 344 g/mol. The van der Waals surface area contributed by atoms with E-state index in [1.165, 1.54) is 6.08 Å². The first kappa shape index (κ1) is 18.9. The van der Waals surface area contributed by atoms with Gasteiger partial charge >= 0.3 is 5.97 Å². The van der Waals surface area contributed by atoms with Crippen LogP contribution in [0.3, 0.4) is 0 Å². The third-order valence-electron chi connectivity index (χ3n) is 3.02. The molecule has 0 spiro atoms. The van der Waals surface area contributed by atoms with Gasteiger partial charge in [0.15, 0.2) is 11.5 Å². The van der Waals surface area contributed by atoms with Crippen LogP contribution in [0.15, 0.2) is 32.7 Å². The molecule has 8 heteroatoms. The van der Waals surface area contributed by atoms with Crippen molar-refractivity contribution in [1.82, 2.24) is 10.2 Å². The van der Waals surface area contributed by atoms with E-state index in [1.807, 2.05) is 20.8 Å². The Morgan fingerprint density at radius 3 is 2.52 bits per heavy atom. The van der Waals surface area contributed by atoms with Crippen LogP contribution in [0.4, 0.5) is 0 Å². The van der Waals surface area contributed by atoms with Crippen molar-refractivity contribution in [1.29, 1.82) is 0 Å². The molecule has 134 valence electrons. The first-order chi connectivity index (χ1) is 12.1. The fourth-order valence-corrected chi connectivity index (χ4v) is 2.65. The summed E-state index contributed by atoms with van der Waals surface area (Å²) in [6, 6.07) is 5.26. The zero-order valence-corrected chi connectivity index (χ0v) is 15.1. The smallest absolute Gasteiger partial charge is 0.342 e. The van der Waals surface area contributed by atoms with Crippen molar-refractivity contribution in [2.24, 2.45) is 0 Å². The van der Waals surface area contributed by atoms with Crippen molar-refractivity contribution < 1.29 is 23.8 Å². The van der Waals surface area contributed by atoms with Crippen molar-refractivity contribution in [3.05, 3.63) is 34.6 Å². The predicted octanol–water partition coefficient (Wildman–Crippen LogP) is 3.65. The van der Waals surface area contributed by atoms with Crippen molar-refractivity contribution >= 4 is 23.8 Å². The van der Waals surface area contributed by atoms with Gasteiger partial charge in [0.25, 0.3) is 5.22 Å². The molecule has 0 atom stereocenters. The summed E-state index contributed by atoms with van der Waals surface area (Å²) in [7, 11) is 0. The maximum absolute atomic E-state index is 11.5. The lowest BCUT2D eigenvalue weighted by atomic mass is 10.2. The average molecular weight is 364 g/mol. The average Bonchev–Trinajstić information content (AvgIpc) is 3.04. The monoisotopic (exact) mass is 364 g/mol. The van der Waals surface area contributed by atoms with Gasteiger partial charge in [0.05, 0.1) is 13.2 Å². The van der Waals surface area contributed by atoms with Gasteiger partial charge in [0.1, 0.15) is 4.91 Å². The second kappa shape index (κ2) is 9.12. The highest BCUT2D eigenvalue weighted by Crippen LogP contribution is 2.32. The SMILES string of the molecule is CCOc1ccc(/C=C(\Sc2nnc(CC)o2)C(=O)O)cc1OCC. The third-order valence-corrected chi connectivity index (χ3v) is 3.88. The minimum Gasteiger partial charge on any atom is -0.490 e. The Kier molecular flexibility index (Phi) is 6.88. The number of aromatic nitrogens is 2. The fourth-order valence-electron chi connectivity index (χ4n) is 1.96. The number of nitrogens with zero attached hydrogens (tertiary/aromatic N) is 2. The van der Waals surface area contributed by atoms with E-state index in [4.69, 9.17) is 13.9 Å². The molecule has 0 aliphatic rings. The molecule has 1 aromatic carbocycles. The van der Waals surface area contributed by atoms with Crippen LogP contribution in [0.1, 0.15) is 32.2 Å². The molecule has 2 aromatic rings. The molecular formula is C17H20N2O5S. The van der Waals surface area contributed by atoms with Crippen LogP contribution in [0.25, 0.3) is 6.08 Å². The minimum absolute atomic E-state index is 0.0675. The molecule has 2 rings (SSSR count). The van der Waals surface area contributed by atoms with Crippen LogP contribution in [0.2, 0.25) is 0 Å². The number of rotatable bonds is 9. The Labute approximate surface area is 150 Å². The minimum atomic E-state index is -1.08. The van der Waals surface area contributed by atoms with Crippen LogP contribution in [-0.2, 0) is 11.2 Å². The molecule has 0 saturated heterocycles. The molecule has 0 aliphatic heterocycles. The van der Waals surface area contributed by atoms with E-state index in [9.17, 15) is 9.90 Å². The molecule has 25 heavy (non-hydrogen) atoms. The van der Waals surface area contributed by atoms with Gasteiger partial charge in [0.2, 0.25) is 5.89 Å². The molecule has 0 saturated carbocycles. The summed E-state index contributed by atoms with van der Waals surface area (Å²) in [4.78, 5) is 11.6. The molecule has 0 radical (unpaired) electrons. The predicted molar refractivity (Wildman–Crippen MR) is 93.9 cm³/mol. The first-order valence-electron chi connectivity index (χ1n) is 7.92. The summed E-state index contributed by atoms with van der Waals surface area (Å²) in [5, 5.41) is 17.3. The number of thioether (sulfide) groups is 1. The van der Waals surface area contributed by atoms with Crippen molar-refractivity contribution in [3.63, 3.8) is 0 Å². The standard InChI is InChI=1S/C17H20N2O5S/c1-4-15-18-19-17(24-15)25-14(16(20)21)10-11-7-8-12(22-5-2)13(9-11)23-6-3/h7-10H,4-6H2,1-3H3,(H,20,21)/b14-10-. The number of carbonyl (C=O) groups is 1. The lowest BCUT2D eigenvalue weighted by Crippen LogP contribution is -1.99. The highest BCUT2D eigenvalue weighted by molar-refractivity contribution is 8.03. The van der Waals surface area contributed by atoms with Gasteiger partial charge in [0, 0.05) is 6.42 Å². The number of hydrogen-bond acceptors (Lipinski definition) is 7. The second-order valence-corrected chi connectivity index (χ2v) is 5.80. The molecule has 1 aromatic heterocycles. The van der Waals surface area contributed by atoms with E-state index < -0.39 is 5.97 Å². The lowest BCUT2D eigenvalue weighted by molar-refractivity contribution is -0.131. The van der Waals surface area contributed by atoms with Gasteiger partial charge in [-0.2, -0.15) is 0 Å². The second-order valence-electron chi connectivity index (χ2n) is 4.80.